The zero-order valence-electron chi connectivity index (χ0n) is 15.7. The molecule has 3 N–H and O–H groups in total. The van der Waals surface area contributed by atoms with E-state index in [4.69, 9.17) is 20.2 Å². The van der Waals surface area contributed by atoms with Crippen molar-refractivity contribution in [1.82, 2.24) is 19.5 Å². The van der Waals surface area contributed by atoms with E-state index in [2.05, 4.69) is 9.97 Å². The molecular weight excluding hydrogens is 370 g/mol. The Morgan fingerprint density at radius 1 is 1.10 bits per heavy atom. The first-order chi connectivity index (χ1) is 14.1. The van der Waals surface area contributed by atoms with Gasteiger partial charge in [0.25, 0.3) is 0 Å². The fourth-order valence-electron chi connectivity index (χ4n) is 3.51. The molecule has 0 atom stereocenters. The number of benzene rings is 1. The largest absolute Gasteiger partial charge is 0.494 e. The van der Waals surface area contributed by atoms with Gasteiger partial charge in [-0.15, -0.1) is 0 Å². The van der Waals surface area contributed by atoms with Crippen LogP contribution < -0.4 is 15.2 Å². The summed E-state index contributed by atoms with van der Waals surface area (Å²) < 4.78 is 12.2. The number of fused-ring (bicyclic) bond motifs is 2. The molecule has 0 spiro atoms. The number of nitrogen functional groups attached to an aromatic ring is 1. The third-order valence-electron chi connectivity index (χ3n) is 5.00. The minimum atomic E-state index is 0.0678. The second-order valence-corrected chi connectivity index (χ2v) is 6.54. The molecule has 1 aliphatic carbocycles. The molecule has 0 aliphatic heterocycles. The fraction of sp³-hybridized carbons (Fsp3) is 0.0952. The highest BCUT2D eigenvalue weighted by molar-refractivity contribution is 6.12. The average Bonchev–Trinajstić information content (AvgIpc) is 3.02. The Bertz CT molecular complexity index is 1350. The Balaban J connectivity index is 1.80. The van der Waals surface area contributed by atoms with E-state index in [1.165, 1.54) is 14.2 Å². The van der Waals surface area contributed by atoms with Crippen molar-refractivity contribution in [3.05, 3.63) is 48.8 Å². The molecule has 1 aromatic carbocycles. The number of methoxy groups -OCH3 is 2. The highest BCUT2D eigenvalue weighted by Crippen LogP contribution is 2.41. The van der Waals surface area contributed by atoms with Crippen molar-refractivity contribution in [2.24, 2.45) is 0 Å². The molecule has 3 aromatic heterocycles. The van der Waals surface area contributed by atoms with Crippen molar-refractivity contribution in [1.29, 1.82) is 0 Å². The van der Waals surface area contributed by atoms with Gasteiger partial charge in [0.2, 0.25) is 11.8 Å². The first kappa shape index (κ1) is 17.1. The van der Waals surface area contributed by atoms with E-state index in [1.54, 1.807) is 17.0 Å². The van der Waals surface area contributed by atoms with Gasteiger partial charge in [0, 0.05) is 29.0 Å². The van der Waals surface area contributed by atoms with Crippen LogP contribution in [0.2, 0.25) is 0 Å². The lowest BCUT2D eigenvalue weighted by molar-refractivity contribution is 0.353. The van der Waals surface area contributed by atoms with Crippen LogP contribution in [-0.4, -0.2) is 38.8 Å². The molecule has 0 saturated heterocycles. The number of nitrogens with two attached hydrogens (primary N) is 1. The predicted molar refractivity (Wildman–Crippen MR) is 111 cm³/mol. The number of aromatic hydroxyl groups is 1. The van der Waals surface area contributed by atoms with Crippen LogP contribution in [0.1, 0.15) is 0 Å². The summed E-state index contributed by atoms with van der Waals surface area (Å²) in [6, 6.07) is 5.86. The van der Waals surface area contributed by atoms with E-state index in [1.807, 2.05) is 36.4 Å². The Hall–Kier alpha value is -4.07. The maximum atomic E-state index is 10.7. The minimum absolute atomic E-state index is 0.0678. The highest BCUT2D eigenvalue weighted by Gasteiger charge is 2.20. The van der Waals surface area contributed by atoms with E-state index in [0.717, 1.165) is 16.6 Å². The number of aromatic nitrogens is 4. The summed E-state index contributed by atoms with van der Waals surface area (Å²) in [6.45, 7) is 0. The van der Waals surface area contributed by atoms with Gasteiger partial charge in [0.05, 0.1) is 41.9 Å². The Morgan fingerprint density at radius 2 is 1.93 bits per heavy atom. The molecule has 8 nitrogen and oxygen atoms in total. The minimum Gasteiger partial charge on any atom is -0.494 e. The first-order valence-corrected chi connectivity index (χ1v) is 8.88. The molecule has 29 heavy (non-hydrogen) atoms. The lowest BCUT2D eigenvalue weighted by atomic mass is 10.0. The van der Waals surface area contributed by atoms with Gasteiger partial charge in [-0.1, -0.05) is 24.3 Å². The van der Waals surface area contributed by atoms with Crippen molar-refractivity contribution in [3.63, 3.8) is 0 Å². The maximum Gasteiger partial charge on any atom is 0.319 e. The number of hydrogen-bond donors (Lipinski definition) is 2. The van der Waals surface area contributed by atoms with E-state index < -0.39 is 0 Å². The molecule has 0 radical (unpaired) electrons. The SMILES string of the molecule is COc1ncc(-c2cccc3c(N)c4c(O)n(C5=CC=C5)cc4nc23)c(OC)n1. The zero-order chi connectivity index (χ0) is 20.1. The van der Waals surface area contributed by atoms with Crippen LogP contribution in [0.4, 0.5) is 5.69 Å². The molecule has 4 aromatic rings. The molecule has 1 aliphatic rings. The molecule has 3 heterocycles. The van der Waals surface area contributed by atoms with Gasteiger partial charge in [-0.05, 0) is 12.2 Å². The van der Waals surface area contributed by atoms with E-state index in [9.17, 15) is 5.11 Å². The van der Waals surface area contributed by atoms with E-state index in [0.29, 0.717) is 33.6 Å². The smallest absolute Gasteiger partial charge is 0.319 e. The van der Waals surface area contributed by atoms with Crippen LogP contribution in [-0.2, 0) is 0 Å². The topological polar surface area (TPSA) is 108 Å². The van der Waals surface area contributed by atoms with Crippen molar-refractivity contribution in [2.45, 2.75) is 0 Å². The quantitative estimate of drug-likeness (QED) is 0.553. The molecule has 0 saturated carbocycles. The van der Waals surface area contributed by atoms with Crippen LogP contribution >= 0.6 is 0 Å². The summed E-state index contributed by atoms with van der Waals surface area (Å²) >= 11 is 0. The number of ether oxygens (including phenoxy) is 2. The predicted octanol–water partition coefficient (Wildman–Crippen LogP) is 3.36. The number of rotatable bonds is 4. The number of hydrogen-bond acceptors (Lipinski definition) is 7. The van der Waals surface area contributed by atoms with Gasteiger partial charge in [-0.3, -0.25) is 4.57 Å². The van der Waals surface area contributed by atoms with Gasteiger partial charge < -0.3 is 20.3 Å². The average molecular weight is 387 g/mol. The zero-order valence-corrected chi connectivity index (χ0v) is 15.7. The third kappa shape index (κ3) is 2.42. The van der Waals surface area contributed by atoms with Crippen LogP contribution in [0, 0.1) is 0 Å². The summed E-state index contributed by atoms with van der Waals surface area (Å²) in [4.78, 5) is 13.3. The summed E-state index contributed by atoms with van der Waals surface area (Å²) in [5.74, 6) is 0.438. The molecule has 0 amide bonds. The normalized spacial score (nSPS) is 12.8. The van der Waals surface area contributed by atoms with Gasteiger partial charge in [0.15, 0.2) is 0 Å². The van der Waals surface area contributed by atoms with Crippen LogP contribution in [0.5, 0.6) is 17.8 Å². The summed E-state index contributed by atoms with van der Waals surface area (Å²) in [5, 5.41) is 11.9. The van der Waals surface area contributed by atoms with Crippen LogP contribution in [0.15, 0.2) is 48.8 Å². The second kappa shape index (κ2) is 6.23. The van der Waals surface area contributed by atoms with Crippen molar-refractivity contribution in [3.8, 4) is 28.9 Å². The van der Waals surface area contributed by atoms with Gasteiger partial charge in [0.1, 0.15) is 0 Å². The van der Waals surface area contributed by atoms with Crippen LogP contribution in [0.25, 0.3) is 38.6 Å². The molecule has 0 fully saturated rings. The summed E-state index contributed by atoms with van der Waals surface area (Å²) in [6.07, 6.45) is 9.11. The van der Waals surface area contributed by atoms with E-state index in [-0.39, 0.29) is 11.9 Å². The Kier molecular flexibility index (Phi) is 3.67. The molecule has 5 rings (SSSR count). The second-order valence-electron chi connectivity index (χ2n) is 6.54. The Morgan fingerprint density at radius 3 is 2.62 bits per heavy atom. The third-order valence-corrected chi connectivity index (χ3v) is 5.00. The number of allylic oxidation sites excluding steroid dienone is 4. The lowest BCUT2D eigenvalue weighted by Gasteiger charge is -2.12. The number of anilines is 1. The van der Waals surface area contributed by atoms with Crippen LogP contribution in [0.3, 0.4) is 0 Å². The number of pyridine rings is 1. The Labute approximate surface area is 165 Å². The molecule has 0 unspecified atom stereocenters. The van der Waals surface area contributed by atoms with Gasteiger partial charge in [-0.2, -0.15) is 4.98 Å². The molecular formula is C21H17N5O3. The maximum absolute atomic E-state index is 10.7. The lowest BCUT2D eigenvalue weighted by Crippen LogP contribution is -1.99. The number of nitrogens with zero attached hydrogens (tertiary/aromatic N) is 4. The fourth-order valence-corrected chi connectivity index (χ4v) is 3.51. The summed E-state index contributed by atoms with van der Waals surface area (Å²) in [5.41, 5.74) is 10.5. The summed E-state index contributed by atoms with van der Waals surface area (Å²) in [7, 11) is 3.03. The van der Waals surface area contributed by atoms with Gasteiger partial charge in [-0.25, -0.2) is 9.97 Å². The first-order valence-electron chi connectivity index (χ1n) is 8.88. The van der Waals surface area contributed by atoms with Crippen molar-refractivity contribution in [2.75, 3.05) is 20.0 Å². The van der Waals surface area contributed by atoms with Crippen molar-refractivity contribution >= 4 is 33.2 Å². The van der Waals surface area contributed by atoms with E-state index >= 15 is 0 Å². The van der Waals surface area contributed by atoms with Gasteiger partial charge >= 0.3 is 6.01 Å². The standard InChI is InChI=1S/C21H17N5O3/c1-28-19-14(9-23-21(25-19)29-2)12-7-4-8-13-17(22)16-15(24-18(12)13)10-26(20(16)27)11-5-3-6-11/h3-10,27H,22H2,1-2H3. The molecule has 0 bridgehead atoms. The molecule has 8 heteroatoms. The number of para-hydroxylation sites is 1. The highest BCUT2D eigenvalue weighted by atomic mass is 16.5. The molecule has 144 valence electrons. The monoisotopic (exact) mass is 387 g/mol. The van der Waals surface area contributed by atoms with Crippen molar-refractivity contribution < 1.29 is 14.6 Å².